The zero-order chi connectivity index (χ0) is 16.4. The number of aromatic nitrogens is 1. The van der Waals surface area contributed by atoms with Crippen molar-refractivity contribution in [1.29, 1.82) is 0 Å². The van der Waals surface area contributed by atoms with Crippen LogP contribution < -0.4 is 5.32 Å². The number of rotatable bonds is 4. The molecule has 0 radical (unpaired) electrons. The average molecular weight is 318 g/mol. The lowest BCUT2D eigenvalue weighted by Crippen LogP contribution is -2.33. The third-order valence-electron chi connectivity index (χ3n) is 4.16. The molecule has 5 nitrogen and oxygen atoms in total. The molecule has 0 bridgehead atoms. The lowest BCUT2D eigenvalue weighted by atomic mass is 10.0. The third-order valence-corrected chi connectivity index (χ3v) is 4.16. The lowest BCUT2D eigenvalue weighted by Gasteiger charge is -2.12. The summed E-state index contributed by atoms with van der Waals surface area (Å²) in [5.41, 5.74) is 1.27. The van der Waals surface area contributed by atoms with E-state index < -0.39 is 6.10 Å². The average Bonchev–Trinajstić information content (AvgIpc) is 3.16. The molecule has 1 heterocycles. The van der Waals surface area contributed by atoms with Crippen molar-refractivity contribution in [2.24, 2.45) is 0 Å². The molecule has 6 heteroatoms. The van der Waals surface area contributed by atoms with Crippen molar-refractivity contribution in [1.82, 2.24) is 10.5 Å². The molecule has 1 aliphatic carbocycles. The molecule has 1 amide bonds. The van der Waals surface area contributed by atoms with Crippen molar-refractivity contribution in [3.63, 3.8) is 0 Å². The van der Waals surface area contributed by atoms with Gasteiger partial charge in [0.1, 0.15) is 11.5 Å². The maximum absolute atomic E-state index is 13.1. The fourth-order valence-corrected chi connectivity index (χ4v) is 2.99. The monoisotopic (exact) mass is 318 g/mol. The highest BCUT2D eigenvalue weighted by molar-refractivity contribution is 5.94. The van der Waals surface area contributed by atoms with Gasteiger partial charge in [-0.25, -0.2) is 4.39 Å². The summed E-state index contributed by atoms with van der Waals surface area (Å²) in [4.78, 5) is 12.4. The number of amides is 1. The Labute approximate surface area is 133 Å². The standard InChI is InChI=1S/C17H19FN2O3/c1-10(21)14-15(11-6-8-12(18)9-7-11)20-23-16(14)17(22)19-13-4-2-3-5-13/h6-10,13,21H,2-5H2,1H3,(H,19,22)/t10-/m0/s1. The first-order valence-electron chi connectivity index (χ1n) is 7.80. The van der Waals surface area contributed by atoms with Gasteiger partial charge in [-0.3, -0.25) is 4.79 Å². The van der Waals surface area contributed by atoms with Crippen molar-refractivity contribution in [3.8, 4) is 11.3 Å². The van der Waals surface area contributed by atoms with Gasteiger partial charge in [0.15, 0.2) is 0 Å². The van der Waals surface area contributed by atoms with E-state index >= 15 is 0 Å². The summed E-state index contributed by atoms with van der Waals surface area (Å²) in [6.45, 7) is 1.55. The molecule has 1 saturated carbocycles. The first kappa shape index (κ1) is 15.7. The second-order valence-corrected chi connectivity index (χ2v) is 5.91. The number of hydrogen-bond acceptors (Lipinski definition) is 4. The van der Waals surface area contributed by atoms with E-state index in [2.05, 4.69) is 10.5 Å². The Balaban J connectivity index is 1.91. The van der Waals surface area contributed by atoms with Crippen LogP contribution in [0.4, 0.5) is 4.39 Å². The van der Waals surface area contributed by atoms with Crippen LogP contribution in [0.5, 0.6) is 0 Å². The van der Waals surface area contributed by atoms with Crippen LogP contribution in [0.3, 0.4) is 0 Å². The number of nitrogens with zero attached hydrogens (tertiary/aromatic N) is 1. The number of nitrogens with one attached hydrogen (secondary N) is 1. The molecule has 1 aromatic carbocycles. The number of carbonyl (C=O) groups is 1. The summed E-state index contributed by atoms with van der Waals surface area (Å²) in [6.07, 6.45) is 3.19. The first-order chi connectivity index (χ1) is 11.1. The van der Waals surface area contributed by atoms with E-state index in [-0.39, 0.29) is 23.5 Å². The molecule has 1 aliphatic rings. The Morgan fingerprint density at radius 3 is 2.61 bits per heavy atom. The number of aliphatic hydroxyl groups is 1. The predicted octanol–water partition coefficient (Wildman–Crippen LogP) is 3.21. The minimum absolute atomic E-state index is 0.0197. The van der Waals surface area contributed by atoms with Crippen LogP contribution in [0, 0.1) is 5.82 Å². The van der Waals surface area contributed by atoms with Gasteiger partial charge in [0, 0.05) is 11.6 Å². The highest BCUT2D eigenvalue weighted by Gasteiger charge is 2.28. The van der Waals surface area contributed by atoms with Crippen LogP contribution in [0.25, 0.3) is 11.3 Å². The molecule has 3 rings (SSSR count). The van der Waals surface area contributed by atoms with Crippen LogP contribution in [0.1, 0.15) is 54.8 Å². The molecular weight excluding hydrogens is 299 g/mol. The van der Waals surface area contributed by atoms with Crippen molar-refractivity contribution < 1.29 is 18.8 Å². The fourth-order valence-electron chi connectivity index (χ4n) is 2.99. The Bertz CT molecular complexity index is 688. The maximum Gasteiger partial charge on any atom is 0.290 e. The Kier molecular flexibility index (Phi) is 4.43. The van der Waals surface area contributed by atoms with E-state index in [0.717, 1.165) is 25.7 Å². The molecule has 0 saturated heterocycles. The van der Waals surface area contributed by atoms with Gasteiger partial charge >= 0.3 is 0 Å². The van der Waals surface area contributed by atoms with E-state index in [1.165, 1.54) is 24.3 Å². The number of halogens is 1. The maximum atomic E-state index is 13.1. The van der Waals surface area contributed by atoms with E-state index in [1.807, 2.05) is 0 Å². The molecule has 0 spiro atoms. The van der Waals surface area contributed by atoms with Crippen LogP contribution >= 0.6 is 0 Å². The van der Waals surface area contributed by atoms with Crippen molar-refractivity contribution in [2.75, 3.05) is 0 Å². The topological polar surface area (TPSA) is 75.4 Å². The number of benzene rings is 1. The van der Waals surface area contributed by atoms with E-state index in [9.17, 15) is 14.3 Å². The molecule has 1 atom stereocenters. The molecule has 1 fully saturated rings. The van der Waals surface area contributed by atoms with E-state index in [1.54, 1.807) is 6.92 Å². The third kappa shape index (κ3) is 3.27. The second kappa shape index (κ2) is 6.50. The van der Waals surface area contributed by atoms with Gasteiger partial charge in [-0.15, -0.1) is 0 Å². The minimum Gasteiger partial charge on any atom is -0.388 e. The van der Waals surface area contributed by atoms with Gasteiger partial charge < -0.3 is 14.9 Å². The number of aliphatic hydroxyl groups excluding tert-OH is 1. The number of hydrogen-bond donors (Lipinski definition) is 2. The molecule has 23 heavy (non-hydrogen) atoms. The summed E-state index contributed by atoms with van der Waals surface area (Å²) < 4.78 is 18.3. The van der Waals surface area contributed by atoms with Gasteiger partial charge in [-0.05, 0) is 44.0 Å². The van der Waals surface area contributed by atoms with Crippen molar-refractivity contribution in [2.45, 2.75) is 44.8 Å². The Morgan fingerprint density at radius 2 is 2.00 bits per heavy atom. The van der Waals surface area contributed by atoms with Crippen LogP contribution in [-0.4, -0.2) is 22.2 Å². The molecule has 0 aliphatic heterocycles. The van der Waals surface area contributed by atoms with Crippen molar-refractivity contribution >= 4 is 5.91 Å². The zero-order valence-electron chi connectivity index (χ0n) is 12.9. The van der Waals surface area contributed by atoms with Gasteiger partial charge in [0.2, 0.25) is 5.76 Å². The molecule has 2 aromatic rings. The van der Waals surface area contributed by atoms with Gasteiger partial charge in [-0.2, -0.15) is 0 Å². The van der Waals surface area contributed by atoms with Gasteiger partial charge in [0.25, 0.3) is 5.91 Å². The molecule has 1 aromatic heterocycles. The summed E-state index contributed by atoms with van der Waals surface area (Å²) >= 11 is 0. The molecular formula is C17H19FN2O3. The highest BCUT2D eigenvalue weighted by Crippen LogP contribution is 2.31. The lowest BCUT2D eigenvalue weighted by molar-refractivity contribution is 0.0892. The largest absolute Gasteiger partial charge is 0.388 e. The molecule has 0 unspecified atom stereocenters. The zero-order valence-corrected chi connectivity index (χ0v) is 12.9. The number of carbonyl (C=O) groups excluding carboxylic acids is 1. The van der Waals surface area contributed by atoms with Crippen LogP contribution in [-0.2, 0) is 0 Å². The quantitative estimate of drug-likeness (QED) is 0.907. The highest BCUT2D eigenvalue weighted by atomic mass is 19.1. The smallest absolute Gasteiger partial charge is 0.290 e. The summed E-state index contributed by atoms with van der Waals surface area (Å²) in [5, 5.41) is 16.9. The molecule has 2 N–H and O–H groups in total. The van der Waals surface area contributed by atoms with E-state index in [0.29, 0.717) is 16.8 Å². The van der Waals surface area contributed by atoms with E-state index in [4.69, 9.17) is 4.52 Å². The summed E-state index contributed by atoms with van der Waals surface area (Å²) in [6, 6.07) is 5.82. The summed E-state index contributed by atoms with van der Waals surface area (Å²) in [5.74, 6) is -0.713. The Morgan fingerprint density at radius 1 is 1.35 bits per heavy atom. The summed E-state index contributed by atoms with van der Waals surface area (Å²) in [7, 11) is 0. The fraction of sp³-hybridized carbons (Fsp3) is 0.412. The Hall–Kier alpha value is -2.21. The van der Waals surface area contributed by atoms with Crippen LogP contribution in [0.2, 0.25) is 0 Å². The van der Waals surface area contributed by atoms with Gasteiger partial charge in [-0.1, -0.05) is 18.0 Å². The van der Waals surface area contributed by atoms with Crippen LogP contribution in [0.15, 0.2) is 28.8 Å². The van der Waals surface area contributed by atoms with Crippen molar-refractivity contribution in [3.05, 3.63) is 41.4 Å². The SMILES string of the molecule is C[C@H](O)c1c(-c2ccc(F)cc2)noc1C(=O)NC1CCCC1. The first-order valence-corrected chi connectivity index (χ1v) is 7.80. The normalized spacial score (nSPS) is 16.5. The predicted molar refractivity (Wildman–Crippen MR) is 82.3 cm³/mol. The minimum atomic E-state index is -0.925. The second-order valence-electron chi connectivity index (χ2n) is 5.91. The van der Waals surface area contributed by atoms with Gasteiger partial charge in [0.05, 0.1) is 11.7 Å². The molecule has 122 valence electrons.